The summed E-state index contributed by atoms with van der Waals surface area (Å²) in [5.74, 6) is 0.682. The highest BCUT2D eigenvalue weighted by atomic mass is 35.5. The number of H-pyrrole nitrogens is 1. The van der Waals surface area contributed by atoms with Gasteiger partial charge in [0.15, 0.2) is 0 Å². The number of carbonyl (C=O) groups excluding carboxylic acids is 1. The summed E-state index contributed by atoms with van der Waals surface area (Å²) in [5.41, 5.74) is 3.07. The van der Waals surface area contributed by atoms with Crippen LogP contribution in [0.15, 0.2) is 42.5 Å². The third-order valence-electron chi connectivity index (χ3n) is 5.33. The lowest BCUT2D eigenvalue weighted by Crippen LogP contribution is -2.31. The van der Waals surface area contributed by atoms with Crippen LogP contribution < -0.4 is 4.74 Å². The predicted molar refractivity (Wildman–Crippen MR) is 118 cm³/mol. The molecule has 2 heterocycles. The van der Waals surface area contributed by atoms with E-state index < -0.39 is 0 Å². The van der Waals surface area contributed by atoms with E-state index in [0.717, 1.165) is 16.9 Å². The van der Waals surface area contributed by atoms with Crippen molar-refractivity contribution in [1.82, 2.24) is 15.1 Å². The molecular formula is C23H24ClN3O4. The molecule has 1 aliphatic heterocycles. The van der Waals surface area contributed by atoms with Crippen molar-refractivity contribution in [1.29, 1.82) is 0 Å². The highest BCUT2D eigenvalue weighted by Gasteiger charge is 2.42. The molecule has 3 aromatic rings. The Hall–Kier alpha value is -3.03. The molecule has 31 heavy (non-hydrogen) atoms. The fourth-order valence-corrected chi connectivity index (χ4v) is 4.14. The van der Waals surface area contributed by atoms with Crippen LogP contribution in [0.3, 0.4) is 0 Å². The van der Waals surface area contributed by atoms with Crippen molar-refractivity contribution in [2.24, 2.45) is 0 Å². The molecule has 0 spiro atoms. The SMILES string of the molecule is CCOc1ccc(C2c3c(-c4cc(Cl)ccc4O)n[nH]c3C(=O)N2CCCOC)cc1. The molecule has 7 nitrogen and oxygen atoms in total. The Morgan fingerprint density at radius 2 is 2.00 bits per heavy atom. The van der Waals surface area contributed by atoms with Crippen molar-refractivity contribution in [3.63, 3.8) is 0 Å². The van der Waals surface area contributed by atoms with E-state index in [-0.39, 0.29) is 17.7 Å². The molecule has 2 aromatic carbocycles. The number of halogens is 1. The normalized spacial score (nSPS) is 15.4. The number of fused-ring (bicyclic) bond motifs is 1. The summed E-state index contributed by atoms with van der Waals surface area (Å²) >= 11 is 6.17. The van der Waals surface area contributed by atoms with Gasteiger partial charge in [0.2, 0.25) is 0 Å². The Kier molecular flexibility index (Phi) is 6.15. The van der Waals surface area contributed by atoms with Crippen molar-refractivity contribution in [3.05, 3.63) is 64.3 Å². The number of nitrogens with zero attached hydrogens (tertiary/aromatic N) is 2. The van der Waals surface area contributed by atoms with Gasteiger partial charge in [-0.05, 0) is 49.2 Å². The van der Waals surface area contributed by atoms with Crippen LogP contribution in [0, 0.1) is 0 Å². The third-order valence-corrected chi connectivity index (χ3v) is 5.57. The molecule has 162 valence electrons. The standard InChI is InChI=1S/C23H24ClN3O4/c1-3-31-16-8-5-14(6-9-16)22-19-20(17-13-15(24)7-10-18(17)28)25-26-21(19)23(29)27(22)11-4-12-30-2/h5-10,13,22,28H,3-4,11-12H2,1-2H3,(H,25,26). The lowest BCUT2D eigenvalue weighted by molar-refractivity contribution is 0.0723. The molecule has 1 aliphatic rings. The second kappa shape index (κ2) is 8.99. The average Bonchev–Trinajstić information content (AvgIpc) is 3.30. The number of phenolic OH excluding ortho intramolecular Hbond substituents is 1. The number of aromatic amines is 1. The van der Waals surface area contributed by atoms with Gasteiger partial charge in [-0.2, -0.15) is 5.10 Å². The maximum Gasteiger partial charge on any atom is 0.273 e. The molecule has 1 atom stereocenters. The summed E-state index contributed by atoms with van der Waals surface area (Å²) in [6.45, 7) is 3.58. The van der Waals surface area contributed by atoms with Gasteiger partial charge in [-0.15, -0.1) is 0 Å². The molecule has 1 aromatic heterocycles. The topological polar surface area (TPSA) is 87.7 Å². The van der Waals surface area contributed by atoms with Crippen LogP contribution in [-0.4, -0.2) is 53.0 Å². The number of phenols is 1. The van der Waals surface area contributed by atoms with Crippen LogP contribution in [0.2, 0.25) is 5.02 Å². The fraction of sp³-hybridized carbons (Fsp3) is 0.304. The van der Waals surface area contributed by atoms with Crippen LogP contribution in [0.25, 0.3) is 11.3 Å². The van der Waals surface area contributed by atoms with Crippen molar-refractivity contribution in [3.8, 4) is 22.8 Å². The van der Waals surface area contributed by atoms with Crippen LogP contribution in [0.4, 0.5) is 0 Å². The second-order valence-corrected chi connectivity index (χ2v) is 7.71. The van der Waals surface area contributed by atoms with E-state index in [1.54, 1.807) is 19.2 Å². The molecule has 0 aliphatic carbocycles. The monoisotopic (exact) mass is 441 g/mol. The maximum atomic E-state index is 13.2. The largest absolute Gasteiger partial charge is 0.507 e. The Bertz CT molecular complexity index is 1080. The number of carbonyl (C=O) groups is 1. The molecule has 0 saturated carbocycles. The predicted octanol–water partition coefficient (Wildman–Crippen LogP) is 4.42. The Labute approximate surface area is 185 Å². The lowest BCUT2D eigenvalue weighted by atomic mass is 9.95. The van der Waals surface area contributed by atoms with Crippen molar-refractivity contribution in [2.75, 3.05) is 26.9 Å². The number of ether oxygens (including phenoxy) is 2. The van der Waals surface area contributed by atoms with Crippen molar-refractivity contribution < 1.29 is 19.4 Å². The smallest absolute Gasteiger partial charge is 0.273 e. The Balaban J connectivity index is 1.81. The summed E-state index contributed by atoms with van der Waals surface area (Å²) in [6, 6.07) is 12.1. The van der Waals surface area contributed by atoms with Crippen LogP contribution in [0.5, 0.6) is 11.5 Å². The second-order valence-electron chi connectivity index (χ2n) is 7.27. The van der Waals surface area contributed by atoms with E-state index in [9.17, 15) is 9.90 Å². The zero-order valence-electron chi connectivity index (χ0n) is 17.4. The quantitative estimate of drug-likeness (QED) is 0.505. The highest BCUT2D eigenvalue weighted by Crippen LogP contribution is 2.45. The minimum absolute atomic E-state index is 0.0504. The van der Waals surface area contributed by atoms with Gasteiger partial charge in [-0.1, -0.05) is 23.7 Å². The van der Waals surface area contributed by atoms with Gasteiger partial charge in [0.05, 0.1) is 12.6 Å². The average molecular weight is 442 g/mol. The molecular weight excluding hydrogens is 418 g/mol. The molecule has 1 unspecified atom stereocenters. The van der Waals surface area contributed by atoms with E-state index in [1.165, 1.54) is 6.07 Å². The minimum atomic E-state index is -0.359. The number of aromatic hydroxyl groups is 1. The first kappa shape index (κ1) is 21.2. The zero-order valence-corrected chi connectivity index (χ0v) is 18.1. The number of methoxy groups -OCH3 is 1. The van der Waals surface area contributed by atoms with E-state index in [0.29, 0.717) is 48.2 Å². The molecule has 2 N–H and O–H groups in total. The van der Waals surface area contributed by atoms with E-state index in [4.69, 9.17) is 21.1 Å². The van der Waals surface area contributed by atoms with Crippen LogP contribution in [-0.2, 0) is 4.74 Å². The summed E-state index contributed by atoms with van der Waals surface area (Å²) in [5, 5.41) is 18.2. The van der Waals surface area contributed by atoms with Gasteiger partial charge in [0.25, 0.3) is 5.91 Å². The first-order valence-corrected chi connectivity index (χ1v) is 10.5. The number of hydrogen-bond donors (Lipinski definition) is 2. The summed E-state index contributed by atoms with van der Waals surface area (Å²) in [4.78, 5) is 15.0. The fourth-order valence-electron chi connectivity index (χ4n) is 3.97. The number of nitrogens with one attached hydrogen (secondary N) is 1. The number of hydrogen-bond acceptors (Lipinski definition) is 5. The molecule has 0 bridgehead atoms. The number of amides is 1. The van der Waals surface area contributed by atoms with Crippen molar-refractivity contribution in [2.45, 2.75) is 19.4 Å². The Morgan fingerprint density at radius 3 is 2.71 bits per heavy atom. The molecule has 1 amide bonds. The van der Waals surface area contributed by atoms with Crippen molar-refractivity contribution >= 4 is 17.5 Å². The zero-order chi connectivity index (χ0) is 22.0. The first-order valence-electron chi connectivity index (χ1n) is 10.1. The molecule has 8 heteroatoms. The molecule has 0 saturated heterocycles. The van der Waals surface area contributed by atoms with E-state index in [1.807, 2.05) is 36.1 Å². The van der Waals surface area contributed by atoms with Gasteiger partial charge >= 0.3 is 0 Å². The van der Waals surface area contributed by atoms with Gasteiger partial charge in [-0.3, -0.25) is 9.89 Å². The summed E-state index contributed by atoms with van der Waals surface area (Å²) in [6.07, 6.45) is 0.700. The van der Waals surface area contributed by atoms with E-state index >= 15 is 0 Å². The lowest BCUT2D eigenvalue weighted by Gasteiger charge is -2.26. The number of rotatable bonds is 8. The van der Waals surface area contributed by atoms with Crippen LogP contribution >= 0.6 is 11.6 Å². The maximum absolute atomic E-state index is 13.2. The molecule has 0 fully saturated rings. The third kappa shape index (κ3) is 3.98. The Morgan fingerprint density at radius 1 is 1.23 bits per heavy atom. The molecule has 0 radical (unpaired) electrons. The van der Waals surface area contributed by atoms with Crippen LogP contribution in [0.1, 0.15) is 41.0 Å². The first-order chi connectivity index (χ1) is 15.0. The number of benzene rings is 2. The van der Waals surface area contributed by atoms with E-state index in [2.05, 4.69) is 10.2 Å². The number of aromatic nitrogens is 2. The van der Waals surface area contributed by atoms with Gasteiger partial charge in [0, 0.05) is 36.4 Å². The minimum Gasteiger partial charge on any atom is -0.507 e. The summed E-state index contributed by atoms with van der Waals surface area (Å²) < 4.78 is 10.7. The molecule has 4 rings (SSSR count). The van der Waals surface area contributed by atoms with Gasteiger partial charge in [-0.25, -0.2) is 0 Å². The highest BCUT2D eigenvalue weighted by molar-refractivity contribution is 6.31. The van der Waals surface area contributed by atoms with Gasteiger partial charge < -0.3 is 19.5 Å². The summed E-state index contributed by atoms with van der Waals surface area (Å²) in [7, 11) is 1.64. The van der Waals surface area contributed by atoms with Gasteiger partial charge in [0.1, 0.15) is 22.9 Å².